The largest absolute Gasteiger partial charge is 0.496 e. The lowest BCUT2D eigenvalue weighted by atomic mass is 10.1. The fourth-order valence-corrected chi connectivity index (χ4v) is 3.21. The number of hydrogen-bond acceptors (Lipinski definition) is 3. The molecule has 6 heteroatoms. The molecule has 1 aliphatic rings. The van der Waals surface area contributed by atoms with Crippen molar-refractivity contribution in [3.63, 3.8) is 0 Å². The smallest absolute Gasteiger partial charge is 0.188 e. The molecule has 0 amide bonds. The summed E-state index contributed by atoms with van der Waals surface area (Å²) in [6.07, 6.45) is 3.37. The highest BCUT2D eigenvalue weighted by Crippen LogP contribution is 2.19. The van der Waals surface area contributed by atoms with Crippen LogP contribution in [0.4, 0.5) is 0 Å². The Labute approximate surface area is 163 Å². The third kappa shape index (κ3) is 6.12. The number of likely N-dealkylation sites (tertiary alicyclic amines) is 1. The fourth-order valence-electron chi connectivity index (χ4n) is 3.21. The number of nitrogens with one attached hydrogen (secondary N) is 1. The van der Waals surface area contributed by atoms with E-state index in [9.17, 15) is 0 Å². The number of nitrogens with two attached hydrogens (primary N) is 1. The number of likely N-dealkylation sites (N-methyl/N-ethyl adjacent to an activating group) is 1. The molecule has 0 bridgehead atoms. The SMILES string of the molecule is CCN1CCCC1CN=C(N)NCCc1cc(C)ccc1OC.I. The van der Waals surface area contributed by atoms with Gasteiger partial charge in [-0.2, -0.15) is 0 Å². The molecule has 0 radical (unpaired) electrons. The predicted octanol–water partition coefficient (Wildman–Crippen LogP) is 2.55. The van der Waals surface area contributed by atoms with E-state index in [1.54, 1.807) is 7.11 Å². The Morgan fingerprint density at radius 3 is 2.96 bits per heavy atom. The standard InChI is InChI=1S/C18H30N4O.HI/c1-4-22-11-5-6-16(22)13-21-18(19)20-10-9-15-12-14(2)7-8-17(15)23-3;/h7-8,12,16H,4-6,9-11,13H2,1-3H3,(H3,19,20,21);1H. The lowest BCUT2D eigenvalue weighted by molar-refractivity contribution is 0.273. The van der Waals surface area contributed by atoms with Gasteiger partial charge >= 0.3 is 0 Å². The minimum absolute atomic E-state index is 0. The highest BCUT2D eigenvalue weighted by atomic mass is 127. The number of rotatable bonds is 7. The highest BCUT2D eigenvalue weighted by molar-refractivity contribution is 14.0. The van der Waals surface area contributed by atoms with Crippen molar-refractivity contribution in [2.75, 3.05) is 33.3 Å². The minimum atomic E-state index is 0. The maximum absolute atomic E-state index is 5.99. The maximum atomic E-state index is 5.99. The van der Waals surface area contributed by atoms with Gasteiger partial charge in [-0.15, -0.1) is 24.0 Å². The molecule has 1 aromatic rings. The van der Waals surface area contributed by atoms with Gasteiger partial charge in [-0.3, -0.25) is 9.89 Å². The summed E-state index contributed by atoms with van der Waals surface area (Å²) in [5.74, 6) is 1.47. The molecule has 0 aromatic heterocycles. The Bertz CT molecular complexity index is 536. The Morgan fingerprint density at radius 2 is 2.25 bits per heavy atom. The molecule has 1 aliphatic heterocycles. The lowest BCUT2D eigenvalue weighted by Crippen LogP contribution is -2.36. The second-order valence-corrected chi connectivity index (χ2v) is 6.14. The molecule has 5 nitrogen and oxygen atoms in total. The van der Waals surface area contributed by atoms with Crippen LogP contribution in [0, 0.1) is 6.92 Å². The zero-order valence-electron chi connectivity index (χ0n) is 15.0. The Kier molecular flexibility index (Phi) is 9.43. The van der Waals surface area contributed by atoms with Crippen LogP contribution < -0.4 is 15.8 Å². The van der Waals surface area contributed by atoms with Gasteiger partial charge in [0, 0.05) is 12.6 Å². The molecule has 1 saturated heterocycles. The summed E-state index contributed by atoms with van der Waals surface area (Å²) < 4.78 is 5.40. The molecule has 0 saturated carbocycles. The van der Waals surface area contributed by atoms with E-state index >= 15 is 0 Å². The van der Waals surface area contributed by atoms with E-state index in [1.807, 2.05) is 6.07 Å². The highest BCUT2D eigenvalue weighted by Gasteiger charge is 2.22. The van der Waals surface area contributed by atoms with Gasteiger partial charge in [0.15, 0.2) is 5.96 Å². The molecule has 1 fully saturated rings. The number of halogens is 1. The summed E-state index contributed by atoms with van der Waals surface area (Å²) in [5.41, 5.74) is 8.43. The third-order valence-electron chi connectivity index (χ3n) is 4.51. The van der Waals surface area contributed by atoms with Crippen LogP contribution in [0.25, 0.3) is 0 Å². The summed E-state index contributed by atoms with van der Waals surface area (Å²) in [4.78, 5) is 6.99. The van der Waals surface area contributed by atoms with Crippen molar-refractivity contribution in [2.45, 2.75) is 39.2 Å². The summed E-state index contributed by atoms with van der Waals surface area (Å²) in [5, 5.41) is 3.21. The van der Waals surface area contributed by atoms with Gasteiger partial charge in [-0.25, -0.2) is 0 Å². The van der Waals surface area contributed by atoms with Crippen LogP contribution in [0.3, 0.4) is 0 Å². The van der Waals surface area contributed by atoms with Crippen molar-refractivity contribution in [1.82, 2.24) is 10.2 Å². The zero-order valence-corrected chi connectivity index (χ0v) is 17.4. The third-order valence-corrected chi connectivity index (χ3v) is 4.51. The first-order valence-corrected chi connectivity index (χ1v) is 8.55. The van der Waals surface area contributed by atoms with Crippen LogP contribution in [-0.2, 0) is 6.42 Å². The molecule has 136 valence electrons. The zero-order chi connectivity index (χ0) is 16.7. The van der Waals surface area contributed by atoms with E-state index in [-0.39, 0.29) is 24.0 Å². The first-order chi connectivity index (χ1) is 11.1. The van der Waals surface area contributed by atoms with E-state index in [0.29, 0.717) is 12.0 Å². The van der Waals surface area contributed by atoms with E-state index in [4.69, 9.17) is 10.5 Å². The van der Waals surface area contributed by atoms with Gasteiger partial charge in [-0.1, -0.05) is 24.6 Å². The van der Waals surface area contributed by atoms with Gasteiger partial charge in [-0.05, 0) is 50.9 Å². The van der Waals surface area contributed by atoms with Crippen LogP contribution in [0.15, 0.2) is 23.2 Å². The van der Waals surface area contributed by atoms with E-state index in [2.05, 4.69) is 41.2 Å². The predicted molar refractivity (Wildman–Crippen MR) is 112 cm³/mol. The van der Waals surface area contributed by atoms with Crippen molar-refractivity contribution in [1.29, 1.82) is 0 Å². The molecular formula is C18H31IN4O. The molecule has 1 aromatic carbocycles. The van der Waals surface area contributed by atoms with Crippen LogP contribution in [-0.4, -0.2) is 50.2 Å². The second-order valence-electron chi connectivity index (χ2n) is 6.14. The minimum Gasteiger partial charge on any atom is -0.496 e. The first-order valence-electron chi connectivity index (χ1n) is 8.55. The van der Waals surface area contributed by atoms with Crippen LogP contribution in [0.2, 0.25) is 0 Å². The number of nitrogens with zero attached hydrogens (tertiary/aromatic N) is 2. The molecule has 1 atom stereocenters. The first kappa shape index (κ1) is 21.0. The Morgan fingerprint density at radius 1 is 1.46 bits per heavy atom. The second kappa shape index (κ2) is 10.8. The summed E-state index contributed by atoms with van der Waals surface area (Å²) in [6.45, 7) is 8.14. The van der Waals surface area contributed by atoms with Gasteiger partial charge < -0.3 is 15.8 Å². The van der Waals surface area contributed by atoms with E-state index in [1.165, 1.54) is 30.5 Å². The number of guanidine groups is 1. The molecule has 2 rings (SSSR count). The number of ether oxygens (including phenoxy) is 1. The summed E-state index contributed by atoms with van der Waals surface area (Å²) in [7, 11) is 1.71. The van der Waals surface area contributed by atoms with Crippen molar-refractivity contribution >= 4 is 29.9 Å². The maximum Gasteiger partial charge on any atom is 0.188 e. The average Bonchev–Trinajstić information content (AvgIpc) is 3.00. The summed E-state index contributed by atoms with van der Waals surface area (Å²) >= 11 is 0. The molecular weight excluding hydrogens is 415 g/mol. The molecule has 0 aliphatic carbocycles. The number of hydrogen-bond donors (Lipinski definition) is 2. The number of methoxy groups -OCH3 is 1. The topological polar surface area (TPSA) is 62.9 Å². The summed E-state index contributed by atoms with van der Waals surface area (Å²) in [6, 6.07) is 6.79. The van der Waals surface area contributed by atoms with Crippen LogP contribution in [0.1, 0.15) is 30.9 Å². The quantitative estimate of drug-likeness (QED) is 0.384. The van der Waals surface area contributed by atoms with Crippen LogP contribution >= 0.6 is 24.0 Å². The van der Waals surface area contributed by atoms with Gasteiger partial charge in [0.2, 0.25) is 0 Å². The Hall–Kier alpha value is -1.02. The molecule has 0 spiro atoms. The van der Waals surface area contributed by atoms with Crippen molar-refractivity contribution in [2.24, 2.45) is 10.7 Å². The monoisotopic (exact) mass is 446 g/mol. The van der Waals surface area contributed by atoms with E-state index in [0.717, 1.165) is 31.8 Å². The normalized spacial score (nSPS) is 18.3. The Balaban J connectivity index is 0.00000288. The number of aryl methyl sites for hydroxylation is 1. The average molecular weight is 446 g/mol. The van der Waals surface area contributed by atoms with Gasteiger partial charge in [0.1, 0.15) is 5.75 Å². The number of aliphatic imine (C=N–C) groups is 1. The van der Waals surface area contributed by atoms with Gasteiger partial charge in [0.05, 0.1) is 13.7 Å². The van der Waals surface area contributed by atoms with Crippen molar-refractivity contribution in [3.05, 3.63) is 29.3 Å². The van der Waals surface area contributed by atoms with Crippen molar-refractivity contribution in [3.8, 4) is 5.75 Å². The molecule has 24 heavy (non-hydrogen) atoms. The lowest BCUT2D eigenvalue weighted by Gasteiger charge is -2.21. The van der Waals surface area contributed by atoms with E-state index < -0.39 is 0 Å². The molecule has 3 N–H and O–H groups in total. The van der Waals surface area contributed by atoms with Crippen LogP contribution in [0.5, 0.6) is 5.75 Å². The molecule has 1 heterocycles. The fraction of sp³-hybridized carbons (Fsp3) is 0.611. The van der Waals surface area contributed by atoms with Crippen molar-refractivity contribution < 1.29 is 4.74 Å². The molecule has 1 unspecified atom stereocenters. The van der Waals surface area contributed by atoms with Gasteiger partial charge in [0.25, 0.3) is 0 Å². The number of benzene rings is 1.